The highest BCUT2D eigenvalue weighted by Crippen LogP contribution is 2.46. The lowest BCUT2D eigenvalue weighted by Gasteiger charge is -2.50. The average molecular weight is 670 g/mol. The number of aliphatic hydroxyl groups is 1. The number of aliphatic hydroxyl groups excluding tert-OH is 1. The molecule has 47 heavy (non-hydrogen) atoms. The van der Waals surface area contributed by atoms with Gasteiger partial charge in [-0.15, -0.1) is 11.8 Å². The van der Waals surface area contributed by atoms with Crippen molar-refractivity contribution in [1.29, 1.82) is 0 Å². The van der Waals surface area contributed by atoms with Crippen LogP contribution in [0.1, 0.15) is 50.0 Å². The lowest BCUT2D eigenvalue weighted by Crippen LogP contribution is -2.69. The summed E-state index contributed by atoms with van der Waals surface area (Å²) in [5.41, 5.74) is 0.365. The van der Waals surface area contributed by atoms with Crippen LogP contribution in [0.2, 0.25) is 0 Å². The summed E-state index contributed by atoms with van der Waals surface area (Å²) >= 11 is 1.21. The lowest BCUT2D eigenvalue weighted by molar-refractivity contribution is -0.142. The van der Waals surface area contributed by atoms with E-state index < -0.39 is 65.5 Å². The minimum Gasteiger partial charge on any atom is -0.484 e. The molecular weight excluding hydrogens is 632 g/mol. The Labute approximate surface area is 275 Å². The normalized spacial score (nSPS) is 18.7. The number of carbonyl (C=O) groups excluding carboxylic acids is 3. The largest absolute Gasteiger partial charge is 0.484 e. The Morgan fingerprint density at radius 3 is 2.02 bits per heavy atom. The molecule has 1 aliphatic rings. The molecule has 3 aromatic rings. The molecule has 10 nitrogen and oxygen atoms in total. The monoisotopic (exact) mass is 669 g/mol. The van der Waals surface area contributed by atoms with Gasteiger partial charge in [0.1, 0.15) is 34.2 Å². The Hall–Kier alpha value is -4.49. The van der Waals surface area contributed by atoms with Gasteiger partial charge >= 0.3 is 5.97 Å². The molecule has 1 fully saturated rings. The van der Waals surface area contributed by atoms with Gasteiger partial charge in [-0.05, 0) is 64.9 Å². The Morgan fingerprint density at radius 2 is 1.49 bits per heavy atom. The fourth-order valence-corrected chi connectivity index (χ4v) is 6.55. The number of rotatable bonds is 14. The quantitative estimate of drug-likeness (QED) is 0.163. The zero-order chi connectivity index (χ0) is 34.4. The summed E-state index contributed by atoms with van der Waals surface area (Å²) in [4.78, 5) is 49.0. The van der Waals surface area contributed by atoms with Crippen LogP contribution in [0.15, 0.2) is 72.8 Å². The molecule has 13 heteroatoms. The van der Waals surface area contributed by atoms with E-state index in [1.54, 1.807) is 36.4 Å². The van der Waals surface area contributed by atoms with Gasteiger partial charge < -0.3 is 30.9 Å². The highest BCUT2D eigenvalue weighted by Gasteiger charge is 2.56. The van der Waals surface area contributed by atoms with Gasteiger partial charge in [-0.25, -0.2) is 13.6 Å². The van der Waals surface area contributed by atoms with Crippen molar-refractivity contribution >= 4 is 35.5 Å². The van der Waals surface area contributed by atoms with E-state index in [9.17, 15) is 38.2 Å². The van der Waals surface area contributed by atoms with Gasteiger partial charge in [0.05, 0.1) is 12.6 Å². The van der Waals surface area contributed by atoms with Crippen molar-refractivity contribution in [2.45, 2.75) is 50.1 Å². The molecule has 1 aliphatic heterocycles. The van der Waals surface area contributed by atoms with Gasteiger partial charge in [-0.1, -0.05) is 57.2 Å². The van der Waals surface area contributed by atoms with Crippen LogP contribution >= 0.6 is 11.8 Å². The smallest absolute Gasteiger partial charge is 0.326 e. The average Bonchev–Trinajstić information content (AvgIpc) is 3.01. The van der Waals surface area contributed by atoms with Crippen LogP contribution < -0.4 is 20.7 Å². The SMILES string of the molecule is CC(C)(C)C[C@H](NC(=O)CNC(=O)COc1ccc([C@]2(c3ccc(F)cc3)NC(=O)[C@@H]2SCC(O)c2ccc(F)cc2)cc1)C(=O)O. The molecule has 0 aliphatic carbocycles. The summed E-state index contributed by atoms with van der Waals surface area (Å²) in [6.45, 7) is 4.71. The van der Waals surface area contributed by atoms with Crippen LogP contribution in [0.3, 0.4) is 0 Å². The van der Waals surface area contributed by atoms with E-state index in [1.807, 2.05) is 20.8 Å². The van der Waals surface area contributed by atoms with E-state index >= 15 is 0 Å². The molecule has 4 atom stereocenters. The molecule has 1 unspecified atom stereocenters. The first kappa shape index (κ1) is 35.4. The van der Waals surface area contributed by atoms with E-state index in [2.05, 4.69) is 16.0 Å². The number of carboxylic acids is 1. The molecule has 0 radical (unpaired) electrons. The molecule has 5 N–H and O–H groups in total. The summed E-state index contributed by atoms with van der Waals surface area (Å²) in [6.07, 6.45) is -0.750. The van der Waals surface area contributed by atoms with Crippen molar-refractivity contribution in [3.8, 4) is 5.75 Å². The second kappa shape index (κ2) is 14.9. The van der Waals surface area contributed by atoms with Crippen molar-refractivity contribution in [2.24, 2.45) is 5.41 Å². The number of benzene rings is 3. The minimum atomic E-state index is -1.17. The molecule has 1 saturated heterocycles. The Kier molecular flexibility index (Phi) is 11.2. The molecule has 0 aromatic heterocycles. The van der Waals surface area contributed by atoms with Gasteiger partial charge in [0.15, 0.2) is 6.61 Å². The highest BCUT2D eigenvalue weighted by molar-refractivity contribution is 8.00. The molecule has 250 valence electrons. The van der Waals surface area contributed by atoms with Gasteiger partial charge in [-0.2, -0.15) is 0 Å². The summed E-state index contributed by atoms with van der Waals surface area (Å²) in [5, 5.41) is 27.2. The summed E-state index contributed by atoms with van der Waals surface area (Å²) in [7, 11) is 0. The number of nitrogens with one attached hydrogen (secondary N) is 3. The standard InChI is InChI=1S/C34H37F2N3O7S/c1-33(2,3)16-26(32(44)45)38-28(41)17-37-29(42)18-46-25-14-8-22(9-15-25)34(21-6-12-24(36)13-7-21)30(31(43)39-34)47-19-27(40)20-4-10-23(35)11-5-20/h4-15,26-27,30,40H,16-19H2,1-3H3,(H,37,42)(H,38,41)(H,39,43)(H,44,45)/t26-,27?,30-,34-/m0/s1. The fraction of sp³-hybridized carbons (Fsp3) is 0.353. The molecule has 0 saturated carbocycles. The third-order valence-electron chi connectivity index (χ3n) is 7.50. The molecule has 1 heterocycles. The number of aliphatic carboxylic acids is 1. The Balaban J connectivity index is 1.40. The van der Waals surface area contributed by atoms with E-state index in [-0.39, 0.29) is 23.5 Å². The first-order valence-electron chi connectivity index (χ1n) is 14.8. The summed E-state index contributed by atoms with van der Waals surface area (Å²) < 4.78 is 32.8. The molecule has 4 rings (SSSR count). The van der Waals surface area contributed by atoms with E-state index in [4.69, 9.17) is 4.74 Å². The van der Waals surface area contributed by atoms with Crippen LogP contribution in [0.5, 0.6) is 5.75 Å². The van der Waals surface area contributed by atoms with Crippen LogP contribution in [0.25, 0.3) is 0 Å². The van der Waals surface area contributed by atoms with Gasteiger partial charge in [0.25, 0.3) is 5.91 Å². The number of carbonyl (C=O) groups is 4. The Morgan fingerprint density at radius 1 is 0.936 bits per heavy atom. The first-order chi connectivity index (χ1) is 22.2. The molecule has 3 amide bonds. The maximum atomic E-state index is 13.8. The second-order valence-corrected chi connectivity index (χ2v) is 13.5. The highest BCUT2D eigenvalue weighted by atomic mass is 32.2. The minimum absolute atomic E-state index is 0.133. The first-order valence-corrected chi connectivity index (χ1v) is 15.9. The number of ether oxygens (including phenoxy) is 1. The Bertz CT molecular complexity index is 1580. The number of hydrogen-bond donors (Lipinski definition) is 5. The maximum Gasteiger partial charge on any atom is 0.326 e. The number of amides is 3. The van der Waals surface area contributed by atoms with Gasteiger partial charge in [0.2, 0.25) is 11.8 Å². The lowest BCUT2D eigenvalue weighted by atomic mass is 9.74. The van der Waals surface area contributed by atoms with Crippen molar-refractivity contribution in [2.75, 3.05) is 18.9 Å². The van der Waals surface area contributed by atoms with Crippen molar-refractivity contribution < 1.29 is 42.9 Å². The molecular formula is C34H37F2N3O7S. The molecule has 3 aromatic carbocycles. The fourth-order valence-electron chi connectivity index (χ4n) is 5.19. The summed E-state index contributed by atoms with van der Waals surface area (Å²) in [5.74, 6) is -3.12. The van der Waals surface area contributed by atoms with E-state index in [1.165, 1.54) is 48.2 Å². The predicted molar refractivity (Wildman–Crippen MR) is 172 cm³/mol. The van der Waals surface area contributed by atoms with Crippen molar-refractivity contribution in [1.82, 2.24) is 16.0 Å². The number of β-lactam (4-membered cyclic amide) rings is 1. The molecule has 0 spiro atoms. The molecule has 0 bridgehead atoms. The predicted octanol–water partition coefficient (Wildman–Crippen LogP) is 3.67. The number of hydrogen-bond acceptors (Lipinski definition) is 7. The zero-order valence-corrected chi connectivity index (χ0v) is 26.9. The van der Waals surface area contributed by atoms with Crippen molar-refractivity contribution in [3.05, 3.63) is 101 Å². The van der Waals surface area contributed by atoms with Crippen LogP contribution in [0, 0.1) is 17.0 Å². The maximum absolute atomic E-state index is 13.8. The topological polar surface area (TPSA) is 154 Å². The second-order valence-electron chi connectivity index (χ2n) is 12.4. The van der Waals surface area contributed by atoms with Crippen LogP contribution in [-0.4, -0.2) is 64.1 Å². The van der Waals surface area contributed by atoms with E-state index in [0.717, 1.165) is 0 Å². The van der Waals surface area contributed by atoms with Crippen LogP contribution in [0.4, 0.5) is 8.78 Å². The zero-order valence-electron chi connectivity index (χ0n) is 26.1. The third kappa shape index (κ3) is 9.07. The van der Waals surface area contributed by atoms with E-state index in [0.29, 0.717) is 22.4 Å². The van der Waals surface area contributed by atoms with Gasteiger partial charge in [-0.3, -0.25) is 14.4 Å². The third-order valence-corrected chi connectivity index (χ3v) is 8.91. The number of carboxylic acid groups (broad SMARTS) is 1. The van der Waals surface area contributed by atoms with Gasteiger partial charge in [0, 0.05) is 5.75 Å². The number of thioether (sulfide) groups is 1. The summed E-state index contributed by atoms with van der Waals surface area (Å²) in [6, 6.07) is 16.7. The van der Waals surface area contributed by atoms with Crippen molar-refractivity contribution in [3.63, 3.8) is 0 Å². The number of halogens is 2. The van der Waals surface area contributed by atoms with Crippen LogP contribution in [-0.2, 0) is 24.7 Å².